The minimum Gasteiger partial charge on any atom is -0.299 e. The van der Waals surface area contributed by atoms with Crippen molar-refractivity contribution in [1.29, 1.82) is 0 Å². The Hall–Kier alpha value is -1.13. The molecule has 138 valence electrons. The number of alkyl halides is 3. The Labute approximate surface area is 146 Å². The molecule has 2 nitrogen and oxygen atoms in total. The topological polar surface area (TPSA) is 34.1 Å². The second kappa shape index (κ2) is 5.20. The minimum absolute atomic E-state index is 0.0520. The first-order valence-corrected chi connectivity index (χ1v) is 9.42. The zero-order valence-corrected chi connectivity index (χ0v) is 14.8. The molecule has 4 aliphatic rings. The fourth-order valence-electron chi connectivity index (χ4n) is 6.72. The number of allylic oxidation sites excluding steroid dienone is 1. The van der Waals surface area contributed by atoms with Crippen LogP contribution in [-0.2, 0) is 9.59 Å². The SMILES string of the molecule is C[C@]12CCC(=O)C=C1[C@@H](C(F)(F)F)C[C@@H]1[C@@H]2CC[C@]2(C)C(=O)CC[C@@H]12. The molecule has 0 spiro atoms. The monoisotopic (exact) mass is 354 g/mol. The lowest BCUT2D eigenvalue weighted by Crippen LogP contribution is -2.54. The Bertz CT molecular complexity index is 664. The Morgan fingerprint density at radius 2 is 1.68 bits per heavy atom. The fraction of sp³-hybridized carbons (Fsp3) is 0.800. The van der Waals surface area contributed by atoms with Gasteiger partial charge in [0.05, 0.1) is 5.92 Å². The molecule has 25 heavy (non-hydrogen) atoms. The lowest BCUT2D eigenvalue weighted by Gasteiger charge is -2.58. The van der Waals surface area contributed by atoms with Crippen LogP contribution in [-0.4, -0.2) is 17.7 Å². The van der Waals surface area contributed by atoms with Gasteiger partial charge in [-0.3, -0.25) is 9.59 Å². The molecule has 3 fully saturated rings. The zero-order valence-electron chi connectivity index (χ0n) is 14.8. The van der Waals surface area contributed by atoms with Crippen molar-refractivity contribution in [2.45, 2.75) is 65.0 Å². The van der Waals surface area contributed by atoms with E-state index in [1.807, 2.05) is 13.8 Å². The molecule has 5 heteroatoms. The van der Waals surface area contributed by atoms with E-state index in [1.54, 1.807) is 0 Å². The Morgan fingerprint density at radius 1 is 1.00 bits per heavy atom. The van der Waals surface area contributed by atoms with Crippen LogP contribution in [0.25, 0.3) is 0 Å². The molecule has 0 aromatic heterocycles. The number of carbonyl (C=O) groups excluding carboxylic acids is 2. The molecule has 3 saturated carbocycles. The highest BCUT2D eigenvalue weighted by molar-refractivity contribution is 5.92. The van der Waals surface area contributed by atoms with Crippen LogP contribution in [0.1, 0.15) is 58.8 Å². The number of carbonyl (C=O) groups is 2. The number of ketones is 2. The first kappa shape index (κ1) is 17.3. The number of Topliss-reactive ketones (excluding diaryl/α,β-unsaturated/α-hetero) is 1. The summed E-state index contributed by atoms with van der Waals surface area (Å²) in [5, 5.41) is 0. The minimum atomic E-state index is -4.33. The number of hydrogen-bond donors (Lipinski definition) is 0. The lowest BCUT2D eigenvalue weighted by atomic mass is 9.45. The summed E-state index contributed by atoms with van der Waals surface area (Å²) in [5.41, 5.74) is -0.658. The van der Waals surface area contributed by atoms with Crippen LogP contribution in [0.3, 0.4) is 0 Å². The molecule has 4 aliphatic carbocycles. The van der Waals surface area contributed by atoms with Crippen LogP contribution in [0.2, 0.25) is 0 Å². The van der Waals surface area contributed by atoms with Crippen LogP contribution >= 0.6 is 0 Å². The number of halogens is 3. The molecule has 6 atom stereocenters. The molecule has 4 rings (SSSR count). The van der Waals surface area contributed by atoms with E-state index in [2.05, 4.69) is 0 Å². The van der Waals surface area contributed by atoms with Crippen molar-refractivity contribution < 1.29 is 22.8 Å². The zero-order chi connectivity index (χ0) is 18.2. The van der Waals surface area contributed by atoms with E-state index < -0.39 is 22.9 Å². The van der Waals surface area contributed by atoms with Crippen molar-refractivity contribution in [2.24, 2.45) is 34.5 Å². The maximum absolute atomic E-state index is 13.9. The Balaban J connectivity index is 1.80. The summed E-state index contributed by atoms with van der Waals surface area (Å²) in [5.74, 6) is -1.29. The van der Waals surface area contributed by atoms with Gasteiger partial charge in [-0.2, -0.15) is 13.2 Å². The summed E-state index contributed by atoms with van der Waals surface area (Å²) in [6.45, 7) is 3.92. The number of hydrogen-bond acceptors (Lipinski definition) is 2. The highest BCUT2D eigenvalue weighted by atomic mass is 19.4. The van der Waals surface area contributed by atoms with Crippen LogP contribution in [0.4, 0.5) is 13.2 Å². The van der Waals surface area contributed by atoms with Gasteiger partial charge in [-0.1, -0.05) is 13.8 Å². The Kier molecular flexibility index (Phi) is 3.60. The Morgan fingerprint density at radius 3 is 2.36 bits per heavy atom. The fourth-order valence-corrected chi connectivity index (χ4v) is 6.72. The van der Waals surface area contributed by atoms with Gasteiger partial charge in [0.15, 0.2) is 5.78 Å². The van der Waals surface area contributed by atoms with Gasteiger partial charge in [-0.15, -0.1) is 0 Å². The second-order valence-corrected chi connectivity index (χ2v) is 9.11. The maximum Gasteiger partial charge on any atom is 0.395 e. The molecule has 0 N–H and O–H groups in total. The highest BCUT2D eigenvalue weighted by Crippen LogP contribution is 2.67. The standard InChI is InChI=1S/C20H25F3O2/c1-18-7-5-11(24)9-15(18)16(20(21,22)23)10-12-13-3-4-17(25)19(13,2)8-6-14(12)18/h9,12-14,16H,3-8,10H2,1-2H3/t12-,13-,14-,16-,18+,19-/m0/s1. The van der Waals surface area contributed by atoms with Gasteiger partial charge in [-0.05, 0) is 66.9 Å². The highest BCUT2D eigenvalue weighted by Gasteiger charge is 2.63. The molecule has 0 saturated heterocycles. The maximum atomic E-state index is 13.9. The van der Waals surface area contributed by atoms with Crippen LogP contribution < -0.4 is 0 Å². The number of fused-ring (bicyclic) bond motifs is 5. The van der Waals surface area contributed by atoms with Gasteiger partial charge in [-0.25, -0.2) is 0 Å². The third-order valence-electron chi connectivity index (χ3n) is 8.11. The molecule has 0 heterocycles. The average molecular weight is 354 g/mol. The predicted molar refractivity (Wildman–Crippen MR) is 86.6 cm³/mol. The first-order valence-electron chi connectivity index (χ1n) is 9.42. The van der Waals surface area contributed by atoms with Crippen molar-refractivity contribution in [1.82, 2.24) is 0 Å². The average Bonchev–Trinajstić information content (AvgIpc) is 2.82. The summed E-state index contributed by atoms with van der Waals surface area (Å²) in [6.07, 6.45) is 0.723. The quantitative estimate of drug-likeness (QED) is 0.621. The van der Waals surface area contributed by atoms with E-state index in [-0.39, 0.29) is 35.7 Å². The summed E-state index contributed by atoms with van der Waals surface area (Å²) in [6, 6.07) is 0. The smallest absolute Gasteiger partial charge is 0.299 e. The summed E-state index contributed by atoms with van der Waals surface area (Å²) in [7, 11) is 0. The first-order chi connectivity index (χ1) is 11.6. The normalized spacial score (nSPS) is 47.0. The van der Waals surface area contributed by atoms with E-state index in [4.69, 9.17) is 0 Å². The second-order valence-electron chi connectivity index (χ2n) is 9.11. The van der Waals surface area contributed by atoms with Gasteiger partial charge in [0.25, 0.3) is 0 Å². The van der Waals surface area contributed by atoms with E-state index in [0.29, 0.717) is 24.8 Å². The molecule has 0 aliphatic heterocycles. The van der Waals surface area contributed by atoms with Crippen LogP contribution in [0.15, 0.2) is 11.6 Å². The van der Waals surface area contributed by atoms with Gasteiger partial charge in [0.1, 0.15) is 5.78 Å². The molecule has 0 radical (unpaired) electrons. The van der Waals surface area contributed by atoms with Crippen molar-refractivity contribution in [3.63, 3.8) is 0 Å². The van der Waals surface area contributed by atoms with Crippen LogP contribution in [0, 0.1) is 34.5 Å². The predicted octanol–water partition coefficient (Wildman–Crippen LogP) is 4.88. The van der Waals surface area contributed by atoms with E-state index in [0.717, 1.165) is 19.3 Å². The summed E-state index contributed by atoms with van der Waals surface area (Å²) >= 11 is 0. The molecule has 0 aromatic rings. The number of rotatable bonds is 0. The largest absolute Gasteiger partial charge is 0.395 e. The molecule has 0 aromatic carbocycles. The van der Waals surface area contributed by atoms with Gasteiger partial charge in [0.2, 0.25) is 0 Å². The van der Waals surface area contributed by atoms with Gasteiger partial charge in [0, 0.05) is 18.3 Å². The molecule has 0 bridgehead atoms. The van der Waals surface area contributed by atoms with Crippen molar-refractivity contribution in [2.75, 3.05) is 0 Å². The van der Waals surface area contributed by atoms with E-state index >= 15 is 0 Å². The molecule has 0 amide bonds. The van der Waals surface area contributed by atoms with Gasteiger partial charge >= 0.3 is 6.18 Å². The van der Waals surface area contributed by atoms with Crippen molar-refractivity contribution in [3.05, 3.63) is 11.6 Å². The third kappa shape index (κ3) is 2.30. The van der Waals surface area contributed by atoms with Crippen molar-refractivity contribution in [3.8, 4) is 0 Å². The van der Waals surface area contributed by atoms with Crippen LogP contribution in [0.5, 0.6) is 0 Å². The third-order valence-corrected chi connectivity index (χ3v) is 8.11. The molecule has 0 unspecified atom stereocenters. The summed E-state index contributed by atoms with van der Waals surface area (Å²) < 4.78 is 41.6. The summed E-state index contributed by atoms with van der Waals surface area (Å²) in [4.78, 5) is 24.3. The molecular formula is C20H25F3O2. The lowest BCUT2D eigenvalue weighted by molar-refractivity contribution is -0.193. The van der Waals surface area contributed by atoms with Gasteiger partial charge < -0.3 is 0 Å². The van der Waals surface area contributed by atoms with Crippen molar-refractivity contribution >= 4 is 11.6 Å². The van der Waals surface area contributed by atoms with E-state index in [9.17, 15) is 22.8 Å². The molecular weight excluding hydrogens is 329 g/mol. The van der Waals surface area contributed by atoms with E-state index in [1.165, 1.54) is 6.08 Å².